The van der Waals surface area contributed by atoms with Crippen LogP contribution in [0.1, 0.15) is 17.2 Å². The van der Waals surface area contributed by atoms with E-state index in [1.54, 1.807) is 55.7 Å². The molecule has 0 spiro atoms. The summed E-state index contributed by atoms with van der Waals surface area (Å²) in [7, 11) is 5.34. The number of ketones is 1. The van der Waals surface area contributed by atoms with E-state index in [-0.39, 0.29) is 11.3 Å². The van der Waals surface area contributed by atoms with E-state index >= 15 is 0 Å². The van der Waals surface area contributed by atoms with Gasteiger partial charge in [-0.3, -0.25) is 9.59 Å². The molecular formula is C25H28N2O5. The lowest BCUT2D eigenvalue weighted by Crippen LogP contribution is -2.35. The Morgan fingerprint density at radius 1 is 1.16 bits per heavy atom. The molecular weight excluding hydrogens is 408 g/mol. The van der Waals surface area contributed by atoms with Crippen LogP contribution in [-0.2, 0) is 9.59 Å². The summed E-state index contributed by atoms with van der Waals surface area (Å²) in [5, 5.41) is 11.1. The van der Waals surface area contributed by atoms with Gasteiger partial charge in [-0.25, -0.2) is 0 Å². The SMILES string of the molecule is C=CCOc1cccc([C@H]2C(=C(O)c3ccc(OC)cc3)C(=O)C(=O)N2CCN(C)C)c1. The third-order valence-electron chi connectivity index (χ3n) is 5.23. The molecule has 1 aliphatic rings. The second-order valence-corrected chi connectivity index (χ2v) is 7.70. The van der Waals surface area contributed by atoms with Gasteiger partial charge >= 0.3 is 0 Å². The minimum Gasteiger partial charge on any atom is -0.507 e. The number of ether oxygens (including phenoxy) is 2. The van der Waals surface area contributed by atoms with Gasteiger partial charge in [0.15, 0.2) is 0 Å². The van der Waals surface area contributed by atoms with Gasteiger partial charge in [-0.15, -0.1) is 0 Å². The van der Waals surface area contributed by atoms with Gasteiger partial charge in [-0.05, 0) is 56.1 Å². The van der Waals surface area contributed by atoms with Gasteiger partial charge in [-0.1, -0.05) is 24.8 Å². The Balaban J connectivity index is 2.11. The Hall–Kier alpha value is -3.58. The average molecular weight is 437 g/mol. The van der Waals surface area contributed by atoms with Crippen molar-refractivity contribution in [3.63, 3.8) is 0 Å². The number of aliphatic hydroxyl groups excluding tert-OH is 1. The number of likely N-dealkylation sites (N-methyl/N-ethyl adjacent to an activating group) is 1. The molecule has 3 rings (SSSR count). The van der Waals surface area contributed by atoms with Crippen molar-refractivity contribution in [1.82, 2.24) is 9.80 Å². The lowest BCUT2D eigenvalue weighted by Gasteiger charge is -2.27. The molecule has 1 amide bonds. The van der Waals surface area contributed by atoms with Gasteiger partial charge in [-0.2, -0.15) is 0 Å². The summed E-state index contributed by atoms with van der Waals surface area (Å²) in [6, 6.07) is 13.2. The summed E-state index contributed by atoms with van der Waals surface area (Å²) in [4.78, 5) is 29.4. The first kappa shape index (κ1) is 23.1. The molecule has 0 unspecified atom stereocenters. The Bertz CT molecular complexity index is 1030. The summed E-state index contributed by atoms with van der Waals surface area (Å²) in [6.45, 7) is 4.88. The molecule has 168 valence electrons. The zero-order valence-electron chi connectivity index (χ0n) is 18.6. The Labute approximate surface area is 188 Å². The monoisotopic (exact) mass is 436 g/mol. The van der Waals surface area contributed by atoms with E-state index in [0.717, 1.165) is 0 Å². The first-order valence-electron chi connectivity index (χ1n) is 10.3. The quantitative estimate of drug-likeness (QED) is 0.281. The second-order valence-electron chi connectivity index (χ2n) is 7.70. The number of rotatable bonds is 9. The second kappa shape index (κ2) is 10.2. The van der Waals surface area contributed by atoms with Crippen molar-refractivity contribution >= 4 is 17.4 Å². The number of nitrogens with zero attached hydrogens (tertiary/aromatic N) is 2. The zero-order valence-corrected chi connectivity index (χ0v) is 18.6. The molecule has 0 radical (unpaired) electrons. The van der Waals surface area contributed by atoms with Gasteiger partial charge in [0.05, 0.1) is 18.7 Å². The van der Waals surface area contributed by atoms with Crippen molar-refractivity contribution in [2.75, 3.05) is 40.9 Å². The first-order chi connectivity index (χ1) is 15.4. The maximum absolute atomic E-state index is 13.0. The zero-order chi connectivity index (χ0) is 23.3. The van der Waals surface area contributed by atoms with E-state index in [4.69, 9.17) is 9.47 Å². The van der Waals surface area contributed by atoms with Crippen LogP contribution in [0.2, 0.25) is 0 Å². The van der Waals surface area contributed by atoms with Crippen LogP contribution in [0.5, 0.6) is 11.5 Å². The van der Waals surface area contributed by atoms with Crippen molar-refractivity contribution in [2.24, 2.45) is 0 Å². The predicted molar refractivity (Wildman–Crippen MR) is 123 cm³/mol. The predicted octanol–water partition coefficient (Wildman–Crippen LogP) is 3.24. The normalized spacial score (nSPS) is 17.6. The van der Waals surface area contributed by atoms with E-state index in [2.05, 4.69) is 6.58 Å². The van der Waals surface area contributed by atoms with Crippen LogP contribution in [0.4, 0.5) is 0 Å². The van der Waals surface area contributed by atoms with Crippen molar-refractivity contribution in [3.05, 3.63) is 77.9 Å². The highest BCUT2D eigenvalue weighted by Crippen LogP contribution is 2.40. The Kier molecular flexibility index (Phi) is 7.33. The van der Waals surface area contributed by atoms with E-state index < -0.39 is 17.7 Å². The highest BCUT2D eigenvalue weighted by Gasteiger charge is 2.46. The molecule has 1 atom stereocenters. The summed E-state index contributed by atoms with van der Waals surface area (Å²) < 4.78 is 10.8. The highest BCUT2D eigenvalue weighted by molar-refractivity contribution is 6.46. The van der Waals surface area contributed by atoms with E-state index in [1.807, 2.05) is 25.1 Å². The van der Waals surface area contributed by atoms with Crippen molar-refractivity contribution in [1.29, 1.82) is 0 Å². The maximum atomic E-state index is 13.0. The standard InChI is InChI=1S/C25H28N2O5/c1-5-15-32-20-8-6-7-18(16-20)22-21(23(28)17-9-11-19(31-4)12-10-17)24(29)25(30)27(22)14-13-26(2)3/h5-12,16,22,28H,1,13-15H2,2-4H3/t22-/m0/s1. The summed E-state index contributed by atoms with van der Waals surface area (Å²) >= 11 is 0. The number of likely N-dealkylation sites (tertiary alicyclic amines) is 1. The van der Waals surface area contributed by atoms with Crippen LogP contribution in [-0.4, -0.2) is 67.5 Å². The Morgan fingerprint density at radius 3 is 2.50 bits per heavy atom. The molecule has 0 aliphatic carbocycles. The van der Waals surface area contributed by atoms with Gasteiger partial charge in [0, 0.05) is 18.7 Å². The molecule has 32 heavy (non-hydrogen) atoms. The molecule has 2 aromatic carbocycles. The molecule has 2 aromatic rings. The number of hydrogen-bond acceptors (Lipinski definition) is 6. The molecule has 1 N–H and O–H groups in total. The van der Waals surface area contributed by atoms with Gasteiger partial charge in [0.2, 0.25) is 0 Å². The lowest BCUT2D eigenvalue weighted by molar-refractivity contribution is -0.140. The molecule has 7 nitrogen and oxygen atoms in total. The molecule has 1 heterocycles. The van der Waals surface area contributed by atoms with Crippen LogP contribution >= 0.6 is 0 Å². The number of benzene rings is 2. The molecule has 7 heteroatoms. The maximum Gasteiger partial charge on any atom is 0.295 e. The van der Waals surface area contributed by atoms with Crippen LogP contribution in [0, 0.1) is 0 Å². The molecule has 0 aromatic heterocycles. The number of aliphatic hydroxyl groups is 1. The number of hydrogen-bond donors (Lipinski definition) is 1. The number of methoxy groups -OCH3 is 1. The minimum atomic E-state index is -0.732. The number of Topliss-reactive ketones (excluding diaryl/α,β-unsaturated/α-hetero) is 1. The van der Waals surface area contributed by atoms with E-state index in [1.165, 1.54) is 4.90 Å². The van der Waals surface area contributed by atoms with Gasteiger partial charge < -0.3 is 24.4 Å². The molecule has 1 saturated heterocycles. The average Bonchev–Trinajstić information content (AvgIpc) is 3.06. The van der Waals surface area contributed by atoms with Crippen LogP contribution < -0.4 is 9.47 Å². The Morgan fingerprint density at radius 2 is 1.88 bits per heavy atom. The summed E-state index contributed by atoms with van der Waals surface area (Å²) in [6.07, 6.45) is 1.64. The highest BCUT2D eigenvalue weighted by atomic mass is 16.5. The fourth-order valence-electron chi connectivity index (χ4n) is 3.60. The number of carbonyl (C=O) groups excluding carboxylic acids is 2. The van der Waals surface area contributed by atoms with Crippen LogP contribution in [0.25, 0.3) is 5.76 Å². The fourth-order valence-corrected chi connectivity index (χ4v) is 3.60. The smallest absolute Gasteiger partial charge is 0.295 e. The summed E-state index contributed by atoms with van der Waals surface area (Å²) in [5.41, 5.74) is 1.17. The lowest BCUT2D eigenvalue weighted by atomic mass is 9.95. The van der Waals surface area contributed by atoms with E-state index in [0.29, 0.717) is 42.3 Å². The van der Waals surface area contributed by atoms with Gasteiger partial charge in [0.1, 0.15) is 23.9 Å². The molecule has 1 aliphatic heterocycles. The fraction of sp³-hybridized carbons (Fsp3) is 0.280. The molecule has 1 fully saturated rings. The van der Waals surface area contributed by atoms with E-state index in [9.17, 15) is 14.7 Å². The molecule has 0 saturated carbocycles. The van der Waals surface area contributed by atoms with Crippen LogP contribution in [0.3, 0.4) is 0 Å². The number of carbonyl (C=O) groups is 2. The largest absolute Gasteiger partial charge is 0.507 e. The van der Waals surface area contributed by atoms with Crippen LogP contribution in [0.15, 0.2) is 66.8 Å². The van der Waals surface area contributed by atoms with Crippen molar-refractivity contribution in [2.45, 2.75) is 6.04 Å². The third kappa shape index (κ3) is 4.84. The van der Waals surface area contributed by atoms with Crippen molar-refractivity contribution in [3.8, 4) is 11.5 Å². The molecule has 0 bridgehead atoms. The topological polar surface area (TPSA) is 79.3 Å². The summed E-state index contributed by atoms with van der Waals surface area (Å²) in [5.74, 6) is -0.355. The van der Waals surface area contributed by atoms with Crippen molar-refractivity contribution < 1.29 is 24.2 Å². The van der Waals surface area contributed by atoms with Gasteiger partial charge in [0.25, 0.3) is 11.7 Å². The third-order valence-corrected chi connectivity index (χ3v) is 5.23. The first-order valence-corrected chi connectivity index (χ1v) is 10.3. The minimum absolute atomic E-state index is 0.0554. The number of amides is 1.